The lowest BCUT2D eigenvalue weighted by Crippen LogP contribution is -2.51. The van der Waals surface area contributed by atoms with Crippen LogP contribution in [-0.2, 0) is 19.1 Å². The van der Waals surface area contributed by atoms with Crippen molar-refractivity contribution in [2.45, 2.75) is 64.6 Å². The molecule has 0 aromatic carbocycles. The number of hydrogen-bond acceptors (Lipinski definition) is 6. The zero-order valence-corrected chi connectivity index (χ0v) is 17.5. The third kappa shape index (κ3) is 3.37. The fraction of sp³-hybridized carbons (Fsp3) is 0.696. The minimum absolute atomic E-state index is 0.0665. The molecule has 0 spiro atoms. The van der Waals surface area contributed by atoms with Gasteiger partial charge in [0.25, 0.3) is 0 Å². The van der Waals surface area contributed by atoms with Gasteiger partial charge in [-0.25, -0.2) is 9.59 Å². The number of ketones is 1. The molecule has 0 heterocycles. The highest BCUT2D eigenvalue weighted by Crippen LogP contribution is 2.64. The summed E-state index contributed by atoms with van der Waals surface area (Å²) in [6.45, 7) is 3.83. The molecular formula is C23H30O7. The minimum Gasteiger partial charge on any atom is -0.479 e. The molecule has 0 saturated heterocycles. The summed E-state index contributed by atoms with van der Waals surface area (Å²) in [4.78, 5) is 34.6. The molecule has 30 heavy (non-hydrogen) atoms. The number of ether oxygens (including phenoxy) is 2. The highest BCUT2D eigenvalue weighted by atomic mass is 16.7. The maximum Gasteiger partial charge on any atom is 0.508 e. The number of carbonyl (C=O) groups excluding carboxylic acids is 2. The Morgan fingerprint density at radius 3 is 2.70 bits per heavy atom. The van der Waals surface area contributed by atoms with Gasteiger partial charge in [0.2, 0.25) is 0 Å². The van der Waals surface area contributed by atoms with Crippen molar-refractivity contribution < 1.29 is 34.1 Å². The van der Waals surface area contributed by atoms with Crippen LogP contribution in [0.3, 0.4) is 0 Å². The van der Waals surface area contributed by atoms with Crippen LogP contribution < -0.4 is 0 Å². The lowest BCUT2D eigenvalue weighted by Gasteiger charge is -2.56. The number of aliphatic carboxylic acids is 1. The van der Waals surface area contributed by atoms with Gasteiger partial charge in [0.15, 0.2) is 11.9 Å². The van der Waals surface area contributed by atoms with Crippen LogP contribution in [0.5, 0.6) is 0 Å². The molecule has 1 unspecified atom stereocenters. The number of aliphatic hydroxyl groups is 1. The van der Waals surface area contributed by atoms with E-state index in [9.17, 15) is 19.5 Å². The van der Waals surface area contributed by atoms with Crippen molar-refractivity contribution in [3.63, 3.8) is 0 Å². The Labute approximate surface area is 176 Å². The largest absolute Gasteiger partial charge is 0.508 e. The number of fused-ring (bicyclic) bond motifs is 5. The SMILES string of the molecule is C[C@]12CC[C@H]3[C@@H](CCC4=CC(=O)C=C[C@@]43C)[C@@H]1CC[C@H]2OC(=O)OCC(O)C(=O)O. The van der Waals surface area contributed by atoms with E-state index in [1.807, 2.05) is 6.08 Å². The number of carbonyl (C=O) groups is 3. The Hall–Kier alpha value is -2.15. The number of aliphatic hydroxyl groups excluding tert-OH is 1. The van der Waals surface area contributed by atoms with Crippen molar-refractivity contribution in [3.05, 3.63) is 23.8 Å². The topological polar surface area (TPSA) is 110 Å². The molecule has 3 fully saturated rings. The average molecular weight is 418 g/mol. The van der Waals surface area contributed by atoms with Crippen molar-refractivity contribution in [2.24, 2.45) is 28.6 Å². The highest BCUT2D eigenvalue weighted by molar-refractivity contribution is 6.01. The summed E-state index contributed by atoms with van der Waals surface area (Å²) in [5, 5.41) is 18.0. The van der Waals surface area contributed by atoms with Gasteiger partial charge in [-0.3, -0.25) is 4.79 Å². The Morgan fingerprint density at radius 2 is 1.97 bits per heavy atom. The standard InChI is InChI=1S/C23H30O7/c1-22-9-7-14(24)11-13(22)3-4-15-16-5-6-19(23(16,2)10-8-17(15)22)30-21(28)29-12-18(25)20(26)27/h7,9,11,15-19,25H,3-6,8,10,12H2,1-2H3,(H,26,27)/t15-,16-,17-,18?,19+,22-,23-/m0/s1. The lowest BCUT2D eigenvalue weighted by atomic mass is 9.48. The number of allylic oxidation sites excluding steroid dienone is 4. The van der Waals surface area contributed by atoms with Crippen LogP contribution in [0.1, 0.15) is 52.4 Å². The van der Waals surface area contributed by atoms with Crippen LogP contribution in [0.4, 0.5) is 4.79 Å². The molecule has 7 heteroatoms. The van der Waals surface area contributed by atoms with Crippen molar-refractivity contribution in [2.75, 3.05) is 6.61 Å². The molecule has 4 aliphatic rings. The summed E-state index contributed by atoms with van der Waals surface area (Å²) in [5.74, 6) is 0.0794. The first-order valence-corrected chi connectivity index (χ1v) is 10.8. The summed E-state index contributed by atoms with van der Waals surface area (Å²) in [6.07, 6.45) is 8.36. The van der Waals surface area contributed by atoms with Gasteiger partial charge in [-0.15, -0.1) is 0 Å². The number of carboxylic acids is 1. The first kappa shape index (κ1) is 21.1. The summed E-state index contributed by atoms with van der Waals surface area (Å²) in [5.41, 5.74) is 1.05. The Balaban J connectivity index is 1.45. The summed E-state index contributed by atoms with van der Waals surface area (Å²) < 4.78 is 10.4. The predicted molar refractivity (Wildman–Crippen MR) is 106 cm³/mol. The van der Waals surface area contributed by atoms with E-state index in [1.54, 1.807) is 6.08 Å². The molecule has 0 amide bonds. The highest BCUT2D eigenvalue weighted by Gasteiger charge is 2.59. The first-order valence-electron chi connectivity index (χ1n) is 10.8. The minimum atomic E-state index is -1.75. The lowest BCUT2D eigenvalue weighted by molar-refractivity contribution is -0.149. The Bertz CT molecular complexity index is 814. The van der Waals surface area contributed by atoms with E-state index in [4.69, 9.17) is 14.6 Å². The van der Waals surface area contributed by atoms with Crippen LogP contribution in [-0.4, -0.2) is 46.9 Å². The van der Waals surface area contributed by atoms with Gasteiger partial charge in [-0.2, -0.15) is 0 Å². The van der Waals surface area contributed by atoms with Gasteiger partial charge in [0.1, 0.15) is 12.7 Å². The molecule has 0 bridgehead atoms. The van der Waals surface area contributed by atoms with E-state index < -0.39 is 24.8 Å². The van der Waals surface area contributed by atoms with Gasteiger partial charge in [0, 0.05) is 10.8 Å². The molecule has 164 valence electrons. The van der Waals surface area contributed by atoms with Crippen molar-refractivity contribution in [3.8, 4) is 0 Å². The maximum atomic E-state index is 12.1. The molecule has 2 N–H and O–H groups in total. The van der Waals surface area contributed by atoms with E-state index in [0.717, 1.165) is 38.5 Å². The molecule has 0 aromatic rings. The summed E-state index contributed by atoms with van der Waals surface area (Å²) in [7, 11) is 0. The van der Waals surface area contributed by atoms with Crippen LogP contribution in [0.25, 0.3) is 0 Å². The van der Waals surface area contributed by atoms with E-state index in [2.05, 4.69) is 19.9 Å². The molecule has 7 nitrogen and oxygen atoms in total. The normalized spacial score (nSPS) is 40.5. The van der Waals surface area contributed by atoms with E-state index in [0.29, 0.717) is 17.8 Å². The molecule has 3 saturated carbocycles. The monoisotopic (exact) mass is 418 g/mol. The molecule has 0 radical (unpaired) electrons. The third-order valence-corrected chi connectivity index (χ3v) is 8.35. The van der Waals surface area contributed by atoms with Crippen LogP contribution >= 0.6 is 0 Å². The van der Waals surface area contributed by atoms with E-state index in [-0.39, 0.29) is 22.7 Å². The molecular weight excluding hydrogens is 388 g/mol. The number of hydrogen-bond donors (Lipinski definition) is 2. The second-order valence-electron chi connectivity index (χ2n) is 9.75. The zero-order chi connectivity index (χ0) is 21.7. The van der Waals surface area contributed by atoms with Crippen molar-refractivity contribution >= 4 is 17.9 Å². The quantitative estimate of drug-likeness (QED) is 0.674. The smallest absolute Gasteiger partial charge is 0.479 e. The Kier molecular flexibility index (Phi) is 5.29. The van der Waals surface area contributed by atoms with Crippen LogP contribution in [0, 0.1) is 28.6 Å². The van der Waals surface area contributed by atoms with Gasteiger partial charge < -0.3 is 19.7 Å². The van der Waals surface area contributed by atoms with Gasteiger partial charge in [0.05, 0.1) is 0 Å². The fourth-order valence-electron chi connectivity index (χ4n) is 6.71. The number of carboxylic acid groups (broad SMARTS) is 1. The molecule has 0 aromatic heterocycles. The Morgan fingerprint density at radius 1 is 1.20 bits per heavy atom. The van der Waals surface area contributed by atoms with Crippen LogP contribution in [0.2, 0.25) is 0 Å². The predicted octanol–water partition coefficient (Wildman–Crippen LogP) is 3.26. The molecule has 0 aliphatic heterocycles. The van der Waals surface area contributed by atoms with Crippen molar-refractivity contribution in [1.29, 1.82) is 0 Å². The zero-order valence-electron chi connectivity index (χ0n) is 17.5. The van der Waals surface area contributed by atoms with Crippen LogP contribution in [0.15, 0.2) is 23.8 Å². The average Bonchev–Trinajstić information content (AvgIpc) is 3.03. The van der Waals surface area contributed by atoms with Gasteiger partial charge in [-0.1, -0.05) is 25.5 Å². The third-order valence-electron chi connectivity index (χ3n) is 8.35. The van der Waals surface area contributed by atoms with Gasteiger partial charge in [-0.05, 0) is 68.4 Å². The van der Waals surface area contributed by atoms with E-state index in [1.165, 1.54) is 5.57 Å². The number of rotatable bonds is 4. The fourth-order valence-corrected chi connectivity index (χ4v) is 6.71. The van der Waals surface area contributed by atoms with Crippen molar-refractivity contribution in [1.82, 2.24) is 0 Å². The second kappa shape index (κ2) is 7.52. The molecule has 4 rings (SSSR count). The molecule has 7 atom stereocenters. The second-order valence-corrected chi connectivity index (χ2v) is 9.75. The maximum absolute atomic E-state index is 12.1. The summed E-state index contributed by atoms with van der Waals surface area (Å²) in [6, 6.07) is 0. The summed E-state index contributed by atoms with van der Waals surface area (Å²) >= 11 is 0. The molecule has 4 aliphatic carbocycles. The van der Waals surface area contributed by atoms with E-state index >= 15 is 0 Å². The van der Waals surface area contributed by atoms with Gasteiger partial charge >= 0.3 is 12.1 Å². The first-order chi connectivity index (χ1) is 14.1.